The molecule has 0 saturated heterocycles. The summed E-state index contributed by atoms with van der Waals surface area (Å²) in [6, 6.07) is 15.0. The lowest BCUT2D eigenvalue weighted by atomic mass is 10.0. The third-order valence-electron chi connectivity index (χ3n) is 3.84. The predicted octanol–water partition coefficient (Wildman–Crippen LogP) is 3.21. The van der Waals surface area contributed by atoms with E-state index in [0.717, 1.165) is 18.7 Å². The molecule has 3 aromatic rings. The van der Waals surface area contributed by atoms with Gasteiger partial charge in [-0.2, -0.15) is 5.10 Å². The Morgan fingerprint density at radius 2 is 1.95 bits per heavy atom. The van der Waals surface area contributed by atoms with E-state index in [4.69, 9.17) is 0 Å². The first-order valence-corrected chi connectivity index (χ1v) is 6.62. The largest absolute Gasteiger partial charge is 0.370 e. The summed E-state index contributed by atoms with van der Waals surface area (Å²) in [4.78, 5) is 0. The van der Waals surface area contributed by atoms with Crippen LogP contribution >= 0.6 is 0 Å². The Bertz CT molecular complexity index is 771. The molecule has 0 radical (unpaired) electrons. The SMILES string of the molecule is Cn1nc(-c2ccc3ccccc3c2)c2c1NCC2. The number of aromatic nitrogens is 2. The molecule has 0 saturated carbocycles. The molecule has 94 valence electrons. The van der Waals surface area contributed by atoms with Crippen molar-refractivity contribution < 1.29 is 0 Å². The third-order valence-corrected chi connectivity index (χ3v) is 3.84. The molecular weight excluding hydrogens is 234 g/mol. The summed E-state index contributed by atoms with van der Waals surface area (Å²) in [6.45, 7) is 1.02. The summed E-state index contributed by atoms with van der Waals surface area (Å²) in [6.07, 6.45) is 1.06. The van der Waals surface area contributed by atoms with Crippen molar-refractivity contribution >= 4 is 16.6 Å². The number of nitrogens with one attached hydrogen (secondary N) is 1. The van der Waals surface area contributed by atoms with Gasteiger partial charge >= 0.3 is 0 Å². The van der Waals surface area contributed by atoms with Crippen molar-refractivity contribution in [1.82, 2.24) is 9.78 Å². The molecule has 0 fully saturated rings. The van der Waals surface area contributed by atoms with Crippen molar-refractivity contribution in [3.63, 3.8) is 0 Å². The normalized spacial score (nSPS) is 13.5. The first kappa shape index (κ1) is 10.6. The highest BCUT2D eigenvalue weighted by Crippen LogP contribution is 2.33. The molecule has 19 heavy (non-hydrogen) atoms. The van der Waals surface area contributed by atoms with Crippen LogP contribution in [0, 0.1) is 0 Å². The van der Waals surface area contributed by atoms with Gasteiger partial charge < -0.3 is 5.32 Å². The van der Waals surface area contributed by atoms with Gasteiger partial charge in [0.2, 0.25) is 0 Å². The van der Waals surface area contributed by atoms with Crippen LogP contribution < -0.4 is 5.32 Å². The second-order valence-electron chi connectivity index (χ2n) is 5.04. The third kappa shape index (κ3) is 1.55. The summed E-state index contributed by atoms with van der Waals surface area (Å²) in [5, 5.41) is 10.6. The summed E-state index contributed by atoms with van der Waals surface area (Å²) < 4.78 is 1.95. The fraction of sp³-hybridized carbons (Fsp3) is 0.188. The second kappa shape index (κ2) is 3.85. The van der Waals surface area contributed by atoms with E-state index in [1.165, 1.54) is 27.7 Å². The smallest absolute Gasteiger partial charge is 0.127 e. The van der Waals surface area contributed by atoms with Crippen LogP contribution in [-0.2, 0) is 13.5 Å². The number of hydrogen-bond donors (Lipinski definition) is 1. The van der Waals surface area contributed by atoms with E-state index < -0.39 is 0 Å². The number of benzene rings is 2. The Hall–Kier alpha value is -2.29. The van der Waals surface area contributed by atoms with Gasteiger partial charge in [-0.25, -0.2) is 0 Å². The van der Waals surface area contributed by atoms with E-state index in [9.17, 15) is 0 Å². The van der Waals surface area contributed by atoms with Gasteiger partial charge in [-0.05, 0) is 23.3 Å². The van der Waals surface area contributed by atoms with Crippen LogP contribution in [0.3, 0.4) is 0 Å². The minimum Gasteiger partial charge on any atom is -0.370 e. The molecule has 0 amide bonds. The molecule has 0 bridgehead atoms. The van der Waals surface area contributed by atoms with E-state index in [-0.39, 0.29) is 0 Å². The molecule has 0 unspecified atom stereocenters. The maximum atomic E-state index is 4.66. The molecule has 3 heteroatoms. The standard InChI is InChI=1S/C16H15N3/c1-19-16-14(8-9-17-16)15(18-19)13-7-6-11-4-2-3-5-12(11)10-13/h2-7,10,17H,8-9H2,1H3. The zero-order valence-corrected chi connectivity index (χ0v) is 10.9. The van der Waals surface area contributed by atoms with Gasteiger partial charge in [-0.15, -0.1) is 0 Å². The highest BCUT2D eigenvalue weighted by Gasteiger charge is 2.21. The summed E-state index contributed by atoms with van der Waals surface area (Å²) in [7, 11) is 2.00. The highest BCUT2D eigenvalue weighted by molar-refractivity contribution is 5.87. The molecule has 4 rings (SSSR count). The number of anilines is 1. The highest BCUT2D eigenvalue weighted by atomic mass is 15.3. The summed E-state index contributed by atoms with van der Waals surface area (Å²) in [5.41, 5.74) is 3.67. The van der Waals surface area contributed by atoms with Crippen molar-refractivity contribution in [2.24, 2.45) is 7.05 Å². The fourth-order valence-electron chi connectivity index (χ4n) is 2.90. The molecule has 0 aliphatic carbocycles. The summed E-state index contributed by atoms with van der Waals surface area (Å²) in [5.74, 6) is 1.17. The second-order valence-corrected chi connectivity index (χ2v) is 5.04. The lowest BCUT2D eigenvalue weighted by Gasteiger charge is -2.02. The molecule has 1 aromatic heterocycles. The van der Waals surface area contributed by atoms with Gasteiger partial charge in [0.05, 0.1) is 5.69 Å². The summed E-state index contributed by atoms with van der Waals surface area (Å²) >= 11 is 0. The Labute approximate surface area is 111 Å². The van der Waals surface area contributed by atoms with Crippen LogP contribution in [0.5, 0.6) is 0 Å². The minimum absolute atomic E-state index is 1.02. The van der Waals surface area contributed by atoms with Gasteiger partial charge in [0.25, 0.3) is 0 Å². The van der Waals surface area contributed by atoms with Gasteiger partial charge in [0.15, 0.2) is 0 Å². The fourth-order valence-corrected chi connectivity index (χ4v) is 2.90. The van der Waals surface area contributed by atoms with Gasteiger partial charge in [0, 0.05) is 24.7 Å². The van der Waals surface area contributed by atoms with Crippen LogP contribution in [0.2, 0.25) is 0 Å². The number of fused-ring (bicyclic) bond motifs is 2. The van der Waals surface area contributed by atoms with Gasteiger partial charge in [0.1, 0.15) is 5.82 Å². The minimum atomic E-state index is 1.02. The van der Waals surface area contributed by atoms with Crippen molar-refractivity contribution in [2.45, 2.75) is 6.42 Å². The molecule has 0 spiro atoms. The van der Waals surface area contributed by atoms with Crippen molar-refractivity contribution in [1.29, 1.82) is 0 Å². The Morgan fingerprint density at radius 1 is 1.11 bits per heavy atom. The van der Waals surface area contributed by atoms with Crippen LogP contribution in [0.1, 0.15) is 5.56 Å². The van der Waals surface area contributed by atoms with Gasteiger partial charge in [-0.3, -0.25) is 4.68 Å². The number of nitrogens with zero attached hydrogens (tertiary/aromatic N) is 2. The quantitative estimate of drug-likeness (QED) is 0.717. The van der Waals surface area contributed by atoms with E-state index in [0.29, 0.717) is 0 Å². The lowest BCUT2D eigenvalue weighted by molar-refractivity contribution is 0.775. The van der Waals surface area contributed by atoms with Crippen LogP contribution in [0.15, 0.2) is 42.5 Å². The van der Waals surface area contributed by atoms with Crippen molar-refractivity contribution in [2.75, 3.05) is 11.9 Å². The van der Waals surface area contributed by atoms with Crippen LogP contribution in [-0.4, -0.2) is 16.3 Å². The molecular formula is C16H15N3. The topological polar surface area (TPSA) is 29.9 Å². The van der Waals surface area contributed by atoms with E-state index in [1.54, 1.807) is 0 Å². The van der Waals surface area contributed by atoms with Crippen LogP contribution in [0.25, 0.3) is 22.0 Å². The average Bonchev–Trinajstić information content (AvgIpc) is 3.03. The van der Waals surface area contributed by atoms with Crippen LogP contribution in [0.4, 0.5) is 5.82 Å². The Balaban J connectivity index is 1.93. The Kier molecular flexibility index (Phi) is 2.15. The van der Waals surface area contributed by atoms with Gasteiger partial charge in [-0.1, -0.05) is 36.4 Å². The molecule has 1 aliphatic rings. The molecule has 0 atom stereocenters. The predicted molar refractivity (Wildman–Crippen MR) is 78.3 cm³/mol. The maximum Gasteiger partial charge on any atom is 0.127 e. The van der Waals surface area contributed by atoms with E-state index >= 15 is 0 Å². The van der Waals surface area contributed by atoms with Crippen molar-refractivity contribution in [3.05, 3.63) is 48.0 Å². The number of hydrogen-bond acceptors (Lipinski definition) is 2. The van der Waals surface area contributed by atoms with Crippen molar-refractivity contribution in [3.8, 4) is 11.3 Å². The molecule has 2 aromatic carbocycles. The van der Waals surface area contributed by atoms with E-state index in [1.807, 2.05) is 11.7 Å². The monoisotopic (exact) mass is 249 g/mol. The molecule has 3 nitrogen and oxygen atoms in total. The molecule has 1 N–H and O–H groups in total. The lowest BCUT2D eigenvalue weighted by Crippen LogP contribution is -2.01. The average molecular weight is 249 g/mol. The number of aryl methyl sites for hydroxylation is 1. The zero-order chi connectivity index (χ0) is 12.8. The molecule has 1 aliphatic heterocycles. The first-order valence-electron chi connectivity index (χ1n) is 6.62. The zero-order valence-electron chi connectivity index (χ0n) is 10.9. The van der Waals surface area contributed by atoms with E-state index in [2.05, 4.69) is 52.9 Å². The Morgan fingerprint density at radius 3 is 2.84 bits per heavy atom. The molecule has 2 heterocycles. The number of rotatable bonds is 1. The maximum absolute atomic E-state index is 4.66. The first-order chi connectivity index (χ1) is 9.33.